The van der Waals surface area contributed by atoms with E-state index in [-0.39, 0.29) is 10.8 Å². The zero-order valence-electron chi connectivity index (χ0n) is 19.2. The van der Waals surface area contributed by atoms with E-state index in [1.807, 2.05) is 36.1 Å². The molecule has 8 heteroatoms. The van der Waals surface area contributed by atoms with Crippen molar-refractivity contribution in [2.24, 2.45) is 0 Å². The zero-order valence-corrected chi connectivity index (χ0v) is 20.7. The number of hydrogen-bond acceptors (Lipinski definition) is 4. The molecule has 2 aromatic carbocycles. The third-order valence-electron chi connectivity index (χ3n) is 6.59. The second-order valence-corrected chi connectivity index (χ2v) is 11.4. The average molecular weight is 490 g/mol. The van der Waals surface area contributed by atoms with Crippen molar-refractivity contribution in [3.8, 4) is 0 Å². The van der Waals surface area contributed by atoms with Gasteiger partial charge >= 0.3 is 0 Å². The predicted octanol–water partition coefficient (Wildman–Crippen LogP) is 4.17. The van der Waals surface area contributed by atoms with Gasteiger partial charge in [-0.05, 0) is 61.6 Å². The van der Waals surface area contributed by atoms with Crippen molar-refractivity contribution in [2.75, 3.05) is 39.3 Å². The van der Waals surface area contributed by atoms with Gasteiger partial charge in [0.1, 0.15) is 0 Å². The highest BCUT2D eigenvalue weighted by atomic mass is 35.5. The largest absolute Gasteiger partial charge is 0.337 e. The molecule has 2 aromatic rings. The fourth-order valence-corrected chi connectivity index (χ4v) is 6.27. The highest BCUT2D eigenvalue weighted by Gasteiger charge is 2.28. The molecule has 2 aliphatic heterocycles. The topological polar surface area (TPSA) is 60.9 Å². The number of halogens is 1. The molecule has 178 valence electrons. The van der Waals surface area contributed by atoms with Crippen LogP contribution >= 0.6 is 11.6 Å². The highest BCUT2D eigenvalue weighted by Crippen LogP contribution is 2.24. The number of amides is 1. The van der Waals surface area contributed by atoms with E-state index in [4.69, 9.17) is 11.6 Å². The molecule has 6 nitrogen and oxygen atoms in total. The van der Waals surface area contributed by atoms with Crippen molar-refractivity contribution in [2.45, 2.75) is 44.0 Å². The Balaban J connectivity index is 1.46. The van der Waals surface area contributed by atoms with Crippen molar-refractivity contribution in [3.63, 3.8) is 0 Å². The van der Waals surface area contributed by atoms with Crippen molar-refractivity contribution in [1.82, 2.24) is 14.1 Å². The minimum atomic E-state index is -3.57. The maximum atomic E-state index is 13.4. The van der Waals surface area contributed by atoms with Gasteiger partial charge in [0.05, 0.1) is 4.90 Å². The van der Waals surface area contributed by atoms with E-state index in [1.165, 1.54) is 5.56 Å². The normalized spacial score (nSPS) is 18.8. The van der Waals surface area contributed by atoms with Crippen LogP contribution in [0.5, 0.6) is 0 Å². The predicted molar refractivity (Wildman–Crippen MR) is 131 cm³/mol. The van der Waals surface area contributed by atoms with Crippen molar-refractivity contribution < 1.29 is 13.2 Å². The number of piperidine rings is 1. The van der Waals surface area contributed by atoms with Crippen LogP contribution < -0.4 is 0 Å². The summed E-state index contributed by atoms with van der Waals surface area (Å²) in [5.41, 5.74) is 2.49. The molecule has 0 unspecified atom stereocenters. The smallest absolute Gasteiger partial charge is 0.254 e. The van der Waals surface area contributed by atoms with Gasteiger partial charge in [-0.1, -0.05) is 36.2 Å². The number of sulfonamides is 1. The van der Waals surface area contributed by atoms with Crippen LogP contribution in [-0.2, 0) is 16.6 Å². The molecule has 1 amide bonds. The lowest BCUT2D eigenvalue weighted by molar-refractivity contribution is 0.0760. The Morgan fingerprint density at radius 1 is 0.879 bits per heavy atom. The first-order valence-electron chi connectivity index (χ1n) is 11.7. The molecule has 0 N–H and O–H groups in total. The van der Waals surface area contributed by atoms with Crippen LogP contribution in [0.3, 0.4) is 0 Å². The van der Waals surface area contributed by atoms with Crippen LogP contribution in [0, 0.1) is 6.92 Å². The highest BCUT2D eigenvalue weighted by molar-refractivity contribution is 7.89. The van der Waals surface area contributed by atoms with Gasteiger partial charge in [0, 0.05) is 56.4 Å². The van der Waals surface area contributed by atoms with Crippen molar-refractivity contribution in [1.29, 1.82) is 0 Å². The van der Waals surface area contributed by atoms with Gasteiger partial charge in [-0.3, -0.25) is 9.69 Å². The number of carbonyl (C=O) groups is 1. The summed E-state index contributed by atoms with van der Waals surface area (Å²) in [4.78, 5) is 17.8. The van der Waals surface area contributed by atoms with Crippen LogP contribution in [0.15, 0.2) is 47.4 Å². The van der Waals surface area contributed by atoms with Gasteiger partial charge in [0.25, 0.3) is 5.91 Å². The monoisotopic (exact) mass is 489 g/mol. The molecule has 2 heterocycles. The first kappa shape index (κ1) is 24.2. The van der Waals surface area contributed by atoms with Gasteiger partial charge in [0.2, 0.25) is 10.0 Å². The van der Waals surface area contributed by atoms with Gasteiger partial charge in [-0.2, -0.15) is 4.31 Å². The lowest BCUT2D eigenvalue weighted by Crippen LogP contribution is -2.37. The standard InChI is InChI=1S/C25H32ClN3O3S/c1-20-6-11-23(33(31,32)29-14-3-2-4-15-29)18-24(20)25(30)28-13-5-12-27(16-17-28)19-21-7-9-22(26)10-8-21/h6-11,18H,2-5,12-17,19H2,1H3. The first-order chi connectivity index (χ1) is 15.8. The molecule has 0 saturated carbocycles. The van der Waals surface area contributed by atoms with Crippen molar-refractivity contribution in [3.05, 3.63) is 64.2 Å². The summed E-state index contributed by atoms with van der Waals surface area (Å²) >= 11 is 5.99. The van der Waals surface area contributed by atoms with E-state index in [2.05, 4.69) is 4.90 Å². The summed E-state index contributed by atoms with van der Waals surface area (Å²) < 4.78 is 27.8. The summed E-state index contributed by atoms with van der Waals surface area (Å²) in [6.45, 7) is 6.77. The first-order valence-corrected chi connectivity index (χ1v) is 13.5. The van der Waals surface area contributed by atoms with Gasteiger partial charge in [0.15, 0.2) is 0 Å². The van der Waals surface area contributed by atoms with E-state index in [1.54, 1.807) is 22.5 Å². The molecule has 33 heavy (non-hydrogen) atoms. The van der Waals surface area contributed by atoms with E-state index in [0.717, 1.165) is 55.9 Å². The lowest BCUT2D eigenvalue weighted by atomic mass is 10.1. The number of hydrogen-bond donors (Lipinski definition) is 0. The fourth-order valence-electron chi connectivity index (χ4n) is 4.60. The Bertz CT molecular complexity index is 1080. The molecule has 0 aromatic heterocycles. The lowest BCUT2D eigenvalue weighted by Gasteiger charge is -2.26. The third kappa shape index (κ3) is 5.77. The molecule has 4 rings (SSSR count). The quantitative estimate of drug-likeness (QED) is 0.632. The van der Waals surface area contributed by atoms with E-state index < -0.39 is 10.0 Å². The van der Waals surface area contributed by atoms with E-state index >= 15 is 0 Å². The Hall–Kier alpha value is -1.93. The molecule has 0 aliphatic carbocycles. The van der Waals surface area contributed by atoms with Gasteiger partial charge < -0.3 is 4.90 Å². The van der Waals surface area contributed by atoms with Crippen LogP contribution in [-0.4, -0.2) is 67.7 Å². The second kappa shape index (κ2) is 10.6. The van der Waals surface area contributed by atoms with Crippen LogP contribution in [0.2, 0.25) is 5.02 Å². The number of rotatable bonds is 5. The maximum Gasteiger partial charge on any atom is 0.254 e. The number of carbonyl (C=O) groups excluding carboxylic acids is 1. The van der Waals surface area contributed by atoms with E-state index in [0.29, 0.717) is 31.7 Å². The molecule has 2 saturated heterocycles. The molecule has 0 atom stereocenters. The minimum Gasteiger partial charge on any atom is -0.337 e. The van der Waals surface area contributed by atoms with Crippen LogP contribution in [0.4, 0.5) is 0 Å². The van der Waals surface area contributed by atoms with Gasteiger partial charge in [-0.15, -0.1) is 0 Å². The molecule has 0 spiro atoms. The Kier molecular flexibility index (Phi) is 7.74. The zero-order chi connectivity index (χ0) is 23.4. The number of nitrogens with zero attached hydrogens (tertiary/aromatic N) is 3. The number of aryl methyl sites for hydroxylation is 1. The minimum absolute atomic E-state index is 0.0865. The molecule has 2 fully saturated rings. The Morgan fingerprint density at radius 3 is 2.33 bits per heavy atom. The number of benzene rings is 2. The SMILES string of the molecule is Cc1ccc(S(=O)(=O)N2CCCCC2)cc1C(=O)N1CCCN(Cc2ccc(Cl)cc2)CC1. The summed E-state index contributed by atoms with van der Waals surface area (Å²) in [5, 5.41) is 0.728. The summed E-state index contributed by atoms with van der Waals surface area (Å²) in [6, 6.07) is 12.8. The maximum absolute atomic E-state index is 13.4. The summed E-state index contributed by atoms with van der Waals surface area (Å²) in [6.07, 6.45) is 3.71. The van der Waals surface area contributed by atoms with E-state index in [9.17, 15) is 13.2 Å². The van der Waals surface area contributed by atoms with Crippen LogP contribution in [0.1, 0.15) is 47.2 Å². The second-order valence-electron chi connectivity index (χ2n) is 8.99. The molecule has 0 radical (unpaired) electrons. The Labute approximate surface area is 202 Å². The summed E-state index contributed by atoms with van der Waals surface area (Å²) in [5.74, 6) is -0.0865. The molecular formula is C25H32ClN3O3S. The summed E-state index contributed by atoms with van der Waals surface area (Å²) in [7, 11) is -3.57. The van der Waals surface area contributed by atoms with Crippen LogP contribution in [0.25, 0.3) is 0 Å². The molecule has 0 bridgehead atoms. The molecule has 2 aliphatic rings. The average Bonchev–Trinajstić information content (AvgIpc) is 3.06. The van der Waals surface area contributed by atoms with Gasteiger partial charge in [-0.25, -0.2) is 8.42 Å². The van der Waals surface area contributed by atoms with Crippen molar-refractivity contribution >= 4 is 27.5 Å². The third-order valence-corrected chi connectivity index (χ3v) is 8.73. The molecular weight excluding hydrogens is 458 g/mol. The fraction of sp³-hybridized carbons (Fsp3) is 0.480. The Morgan fingerprint density at radius 2 is 1.61 bits per heavy atom.